The van der Waals surface area contributed by atoms with Crippen LogP contribution in [0.4, 0.5) is 4.79 Å². The first kappa shape index (κ1) is 17.1. The van der Waals surface area contributed by atoms with Crippen LogP contribution in [0.3, 0.4) is 0 Å². The predicted molar refractivity (Wildman–Crippen MR) is 94.0 cm³/mol. The Kier molecular flexibility index (Phi) is 5.72. The minimum absolute atomic E-state index is 0.0926. The van der Waals surface area contributed by atoms with E-state index in [1.54, 1.807) is 23.4 Å². The van der Waals surface area contributed by atoms with Crippen molar-refractivity contribution in [1.82, 2.24) is 15.2 Å². The van der Waals surface area contributed by atoms with E-state index in [-0.39, 0.29) is 24.5 Å². The zero-order chi connectivity index (χ0) is 17.5. The fourth-order valence-corrected chi connectivity index (χ4v) is 3.01. The van der Waals surface area contributed by atoms with Crippen LogP contribution in [-0.4, -0.2) is 41.5 Å². The summed E-state index contributed by atoms with van der Waals surface area (Å²) in [5, 5.41) is 2.93. The van der Waals surface area contributed by atoms with Crippen LogP contribution in [0.1, 0.15) is 28.8 Å². The molecule has 1 aromatic heterocycles. The van der Waals surface area contributed by atoms with Gasteiger partial charge < -0.3 is 19.9 Å². The van der Waals surface area contributed by atoms with Crippen molar-refractivity contribution < 1.29 is 14.3 Å². The van der Waals surface area contributed by atoms with E-state index in [1.807, 2.05) is 30.3 Å². The van der Waals surface area contributed by atoms with Crippen molar-refractivity contribution in [1.29, 1.82) is 0 Å². The first-order valence-corrected chi connectivity index (χ1v) is 8.59. The van der Waals surface area contributed by atoms with Crippen LogP contribution in [0.25, 0.3) is 0 Å². The molecule has 2 heterocycles. The van der Waals surface area contributed by atoms with E-state index >= 15 is 0 Å². The highest BCUT2D eigenvalue weighted by Gasteiger charge is 2.25. The Labute approximate surface area is 147 Å². The van der Waals surface area contributed by atoms with Gasteiger partial charge in [-0.3, -0.25) is 4.79 Å². The van der Waals surface area contributed by atoms with Crippen molar-refractivity contribution in [3.8, 4) is 0 Å². The highest BCUT2D eigenvalue weighted by atomic mass is 16.6. The van der Waals surface area contributed by atoms with Crippen molar-refractivity contribution in [2.24, 2.45) is 5.92 Å². The maximum absolute atomic E-state index is 12.3. The zero-order valence-corrected chi connectivity index (χ0v) is 14.1. The molecule has 0 aliphatic carbocycles. The van der Waals surface area contributed by atoms with Crippen LogP contribution in [0.15, 0.2) is 48.8 Å². The summed E-state index contributed by atoms with van der Waals surface area (Å²) >= 11 is 0. The predicted octanol–water partition coefficient (Wildman–Crippen LogP) is 2.79. The number of hydrogen-bond donors (Lipinski definition) is 2. The number of ether oxygens (including phenoxy) is 1. The Bertz CT molecular complexity index is 685. The largest absolute Gasteiger partial charge is 0.445 e. The molecule has 1 fully saturated rings. The standard InChI is InChI=1S/C19H23N3O3/c23-18(17-8-9-20-12-17)21-11-16-7-4-10-22(13-16)19(24)25-14-15-5-2-1-3-6-15/h1-3,5-6,8-9,12,16,20H,4,7,10-11,13-14H2,(H,21,23). The van der Waals surface area contributed by atoms with Gasteiger partial charge in [0.2, 0.25) is 0 Å². The fourth-order valence-electron chi connectivity index (χ4n) is 3.01. The zero-order valence-electron chi connectivity index (χ0n) is 14.1. The maximum Gasteiger partial charge on any atom is 0.410 e. The van der Waals surface area contributed by atoms with Crippen molar-refractivity contribution in [2.45, 2.75) is 19.4 Å². The Morgan fingerprint density at radius 3 is 2.84 bits per heavy atom. The van der Waals surface area contributed by atoms with E-state index in [2.05, 4.69) is 10.3 Å². The van der Waals surface area contributed by atoms with E-state index in [4.69, 9.17) is 4.74 Å². The number of H-pyrrole nitrogens is 1. The van der Waals surface area contributed by atoms with E-state index in [9.17, 15) is 9.59 Å². The Morgan fingerprint density at radius 2 is 2.08 bits per heavy atom. The summed E-state index contributed by atoms with van der Waals surface area (Å²) < 4.78 is 5.40. The van der Waals surface area contributed by atoms with E-state index in [1.165, 1.54) is 0 Å². The first-order valence-electron chi connectivity index (χ1n) is 8.59. The van der Waals surface area contributed by atoms with Gasteiger partial charge in [-0.15, -0.1) is 0 Å². The van der Waals surface area contributed by atoms with Crippen molar-refractivity contribution in [2.75, 3.05) is 19.6 Å². The third-order valence-electron chi connectivity index (χ3n) is 4.39. The second-order valence-corrected chi connectivity index (χ2v) is 6.30. The average molecular weight is 341 g/mol. The molecule has 25 heavy (non-hydrogen) atoms. The molecule has 0 saturated carbocycles. The minimum atomic E-state index is -0.287. The Morgan fingerprint density at radius 1 is 1.24 bits per heavy atom. The molecule has 1 aliphatic heterocycles. The molecule has 6 heteroatoms. The molecular weight excluding hydrogens is 318 g/mol. The molecule has 2 aromatic rings. The summed E-state index contributed by atoms with van der Waals surface area (Å²) in [5.41, 5.74) is 1.60. The first-order chi connectivity index (χ1) is 12.2. The lowest BCUT2D eigenvalue weighted by Crippen LogP contribution is -2.43. The molecule has 2 amide bonds. The maximum atomic E-state index is 12.3. The van der Waals surface area contributed by atoms with Crippen LogP contribution in [0, 0.1) is 5.92 Å². The second-order valence-electron chi connectivity index (χ2n) is 6.30. The smallest absolute Gasteiger partial charge is 0.410 e. The summed E-state index contributed by atoms with van der Waals surface area (Å²) in [7, 11) is 0. The lowest BCUT2D eigenvalue weighted by molar-refractivity contribution is 0.0776. The monoisotopic (exact) mass is 341 g/mol. The number of nitrogens with zero attached hydrogens (tertiary/aromatic N) is 1. The molecule has 0 radical (unpaired) electrons. The SMILES string of the molecule is O=C(NCC1CCCN(C(=O)OCc2ccccc2)C1)c1cc[nH]c1. The normalized spacial score (nSPS) is 17.1. The van der Waals surface area contributed by atoms with Gasteiger partial charge in [0.1, 0.15) is 6.61 Å². The Hall–Kier alpha value is -2.76. The summed E-state index contributed by atoms with van der Waals surface area (Å²) in [4.78, 5) is 28.8. The number of aromatic nitrogens is 1. The number of carbonyl (C=O) groups excluding carboxylic acids is 2. The fraction of sp³-hybridized carbons (Fsp3) is 0.368. The number of nitrogens with one attached hydrogen (secondary N) is 2. The molecule has 1 atom stereocenters. The lowest BCUT2D eigenvalue weighted by atomic mass is 9.98. The summed E-state index contributed by atoms with van der Waals surface area (Å²) in [5.74, 6) is 0.158. The van der Waals surface area contributed by atoms with Crippen LogP contribution in [-0.2, 0) is 11.3 Å². The van der Waals surface area contributed by atoms with Crippen LogP contribution in [0.5, 0.6) is 0 Å². The van der Waals surface area contributed by atoms with Crippen LogP contribution < -0.4 is 5.32 Å². The van der Waals surface area contributed by atoms with E-state index < -0.39 is 0 Å². The van der Waals surface area contributed by atoms with Gasteiger partial charge in [0.05, 0.1) is 5.56 Å². The molecule has 1 aromatic carbocycles. The van der Waals surface area contributed by atoms with Gasteiger partial charge in [0.25, 0.3) is 5.91 Å². The van der Waals surface area contributed by atoms with Crippen molar-refractivity contribution in [3.05, 3.63) is 59.9 Å². The third-order valence-corrected chi connectivity index (χ3v) is 4.39. The van der Waals surface area contributed by atoms with Gasteiger partial charge in [0.15, 0.2) is 0 Å². The molecular formula is C19H23N3O3. The number of piperidine rings is 1. The van der Waals surface area contributed by atoms with Crippen molar-refractivity contribution >= 4 is 12.0 Å². The van der Waals surface area contributed by atoms with Gasteiger partial charge >= 0.3 is 6.09 Å². The molecule has 0 spiro atoms. The molecule has 1 unspecified atom stereocenters. The van der Waals surface area contributed by atoms with Gasteiger partial charge in [0, 0.05) is 32.0 Å². The molecule has 1 aliphatic rings. The van der Waals surface area contributed by atoms with Crippen LogP contribution in [0.2, 0.25) is 0 Å². The number of aromatic amines is 1. The topological polar surface area (TPSA) is 74.4 Å². The number of benzene rings is 1. The highest BCUT2D eigenvalue weighted by molar-refractivity contribution is 5.93. The van der Waals surface area contributed by atoms with E-state index in [0.717, 1.165) is 18.4 Å². The molecule has 3 rings (SSSR count). The second kappa shape index (κ2) is 8.37. The summed E-state index contributed by atoms with van der Waals surface area (Å²) in [6.45, 7) is 2.16. The van der Waals surface area contributed by atoms with Gasteiger partial charge in [-0.25, -0.2) is 4.79 Å². The summed E-state index contributed by atoms with van der Waals surface area (Å²) in [6, 6.07) is 11.4. The number of rotatable bonds is 5. The molecule has 2 N–H and O–H groups in total. The quantitative estimate of drug-likeness (QED) is 0.878. The van der Waals surface area contributed by atoms with Crippen molar-refractivity contribution in [3.63, 3.8) is 0 Å². The van der Waals surface area contributed by atoms with Gasteiger partial charge in [-0.05, 0) is 30.4 Å². The molecule has 0 bridgehead atoms. The molecule has 6 nitrogen and oxygen atoms in total. The summed E-state index contributed by atoms with van der Waals surface area (Å²) in [6.07, 6.45) is 5.02. The third kappa shape index (κ3) is 4.86. The minimum Gasteiger partial charge on any atom is -0.445 e. The number of hydrogen-bond acceptors (Lipinski definition) is 3. The number of amides is 2. The molecule has 1 saturated heterocycles. The lowest BCUT2D eigenvalue weighted by Gasteiger charge is -2.32. The highest BCUT2D eigenvalue weighted by Crippen LogP contribution is 2.17. The number of likely N-dealkylation sites (tertiary alicyclic amines) is 1. The van der Waals surface area contributed by atoms with Gasteiger partial charge in [-0.1, -0.05) is 30.3 Å². The van der Waals surface area contributed by atoms with Gasteiger partial charge in [-0.2, -0.15) is 0 Å². The van der Waals surface area contributed by atoms with Crippen LogP contribution >= 0.6 is 0 Å². The molecule has 132 valence electrons. The van der Waals surface area contributed by atoms with E-state index in [0.29, 0.717) is 25.2 Å². The average Bonchev–Trinajstić information content (AvgIpc) is 3.20. The number of carbonyl (C=O) groups is 2. The Balaban J connectivity index is 1.44.